The van der Waals surface area contributed by atoms with Gasteiger partial charge in [-0.1, -0.05) is 6.92 Å². The predicted molar refractivity (Wildman–Crippen MR) is 64.0 cm³/mol. The van der Waals surface area contributed by atoms with Crippen LogP contribution in [0.4, 0.5) is 0 Å². The van der Waals surface area contributed by atoms with E-state index in [1.54, 1.807) is 17.2 Å². The van der Waals surface area contributed by atoms with Gasteiger partial charge in [-0.05, 0) is 31.0 Å². The van der Waals surface area contributed by atoms with Crippen LogP contribution < -0.4 is 0 Å². The first-order valence-electron chi connectivity index (χ1n) is 5.85. The van der Waals surface area contributed by atoms with Gasteiger partial charge < -0.3 is 4.42 Å². The first-order valence-corrected chi connectivity index (χ1v) is 5.85. The van der Waals surface area contributed by atoms with Gasteiger partial charge in [0.1, 0.15) is 5.69 Å². The van der Waals surface area contributed by atoms with E-state index >= 15 is 0 Å². The normalized spacial score (nSPS) is 10.7. The van der Waals surface area contributed by atoms with Crippen LogP contribution in [0.3, 0.4) is 0 Å². The molecule has 90 valence electrons. The van der Waals surface area contributed by atoms with Crippen molar-refractivity contribution >= 4 is 5.78 Å². The molecule has 0 atom stereocenters. The minimum Gasteiger partial charge on any atom is -0.472 e. The van der Waals surface area contributed by atoms with Gasteiger partial charge in [0.2, 0.25) is 0 Å². The summed E-state index contributed by atoms with van der Waals surface area (Å²) in [7, 11) is 0. The number of ketones is 1. The smallest absolute Gasteiger partial charge is 0.185 e. The molecular weight excluding hydrogens is 216 g/mol. The molecule has 0 aliphatic heterocycles. The molecule has 0 radical (unpaired) electrons. The lowest BCUT2D eigenvalue weighted by Gasteiger charge is -2.02. The van der Waals surface area contributed by atoms with Crippen LogP contribution in [-0.2, 0) is 19.4 Å². The molecule has 0 bridgehead atoms. The fraction of sp³-hybridized carbons (Fsp3) is 0.385. The molecule has 0 amide bonds. The number of carbonyl (C=O) groups is 1. The average Bonchev–Trinajstić information content (AvgIpc) is 2.96. The molecule has 2 aromatic heterocycles. The molecule has 0 aromatic carbocycles. The highest BCUT2D eigenvalue weighted by Crippen LogP contribution is 2.11. The van der Waals surface area contributed by atoms with Crippen molar-refractivity contribution in [2.75, 3.05) is 0 Å². The van der Waals surface area contributed by atoms with Crippen molar-refractivity contribution in [1.29, 1.82) is 0 Å². The van der Waals surface area contributed by atoms with Crippen LogP contribution in [-0.4, -0.2) is 15.6 Å². The Morgan fingerprint density at radius 1 is 1.47 bits per heavy atom. The third kappa shape index (κ3) is 2.46. The second kappa shape index (κ2) is 4.99. The lowest BCUT2D eigenvalue weighted by atomic mass is 10.1. The third-order valence-corrected chi connectivity index (χ3v) is 2.72. The number of nitrogens with zero attached hydrogens (tertiary/aromatic N) is 2. The van der Waals surface area contributed by atoms with Gasteiger partial charge >= 0.3 is 0 Å². The highest BCUT2D eigenvalue weighted by Gasteiger charge is 2.14. The van der Waals surface area contributed by atoms with Crippen molar-refractivity contribution in [3.8, 4) is 0 Å². The number of rotatable bonds is 5. The molecule has 17 heavy (non-hydrogen) atoms. The topological polar surface area (TPSA) is 48.0 Å². The molecule has 2 heterocycles. The molecule has 4 nitrogen and oxygen atoms in total. The largest absolute Gasteiger partial charge is 0.472 e. The Morgan fingerprint density at radius 3 is 2.88 bits per heavy atom. The number of hydrogen-bond donors (Lipinski definition) is 0. The number of hydrogen-bond acceptors (Lipinski definition) is 3. The first-order chi connectivity index (χ1) is 8.24. The minimum absolute atomic E-state index is 0.0838. The number of aromatic nitrogens is 2. The average molecular weight is 232 g/mol. The molecule has 0 saturated heterocycles. The van der Waals surface area contributed by atoms with Crippen LogP contribution in [0.5, 0.6) is 0 Å². The minimum atomic E-state index is 0.0838. The Kier molecular flexibility index (Phi) is 3.42. The summed E-state index contributed by atoms with van der Waals surface area (Å²) < 4.78 is 6.72. The summed E-state index contributed by atoms with van der Waals surface area (Å²) in [4.78, 5) is 12.1. The molecule has 0 N–H and O–H groups in total. The third-order valence-electron chi connectivity index (χ3n) is 2.72. The Bertz CT molecular complexity index is 497. The first kappa shape index (κ1) is 11.6. The molecular formula is C13H16N2O2. The van der Waals surface area contributed by atoms with E-state index in [2.05, 4.69) is 5.10 Å². The van der Waals surface area contributed by atoms with Crippen LogP contribution in [0.1, 0.15) is 35.6 Å². The fourth-order valence-electron chi connectivity index (χ4n) is 1.78. The van der Waals surface area contributed by atoms with Crippen LogP contribution in [0, 0.1) is 0 Å². The summed E-state index contributed by atoms with van der Waals surface area (Å²) in [6.45, 7) is 4.74. The maximum Gasteiger partial charge on any atom is 0.185 e. The Labute approximate surface area is 100 Å². The van der Waals surface area contributed by atoms with E-state index in [4.69, 9.17) is 4.42 Å². The van der Waals surface area contributed by atoms with Gasteiger partial charge in [-0.25, -0.2) is 0 Å². The van der Waals surface area contributed by atoms with E-state index in [9.17, 15) is 4.79 Å². The molecule has 0 fully saturated rings. The molecule has 0 aliphatic carbocycles. The Hall–Kier alpha value is -1.84. The maximum atomic E-state index is 12.1. The molecule has 2 rings (SSSR count). The van der Waals surface area contributed by atoms with Gasteiger partial charge in [-0.3, -0.25) is 9.48 Å². The van der Waals surface area contributed by atoms with Crippen molar-refractivity contribution in [2.45, 2.75) is 33.2 Å². The van der Waals surface area contributed by atoms with Gasteiger partial charge in [0.15, 0.2) is 5.78 Å². The molecule has 0 unspecified atom stereocenters. The van der Waals surface area contributed by atoms with E-state index in [1.165, 1.54) is 0 Å². The summed E-state index contributed by atoms with van der Waals surface area (Å²) in [5.41, 5.74) is 2.55. The standard InChI is InChI=1S/C13H16N2O2/c1-3-11-8-12(15(4-2)14-11)13(16)7-10-5-6-17-9-10/h5-6,8-9H,3-4,7H2,1-2H3. The molecule has 0 saturated carbocycles. The van der Waals surface area contributed by atoms with E-state index in [1.807, 2.05) is 26.0 Å². The lowest BCUT2D eigenvalue weighted by Crippen LogP contribution is -2.11. The Balaban J connectivity index is 2.21. The zero-order chi connectivity index (χ0) is 12.3. The number of carbonyl (C=O) groups excluding carboxylic acids is 1. The highest BCUT2D eigenvalue weighted by atomic mass is 16.3. The van der Waals surface area contributed by atoms with E-state index < -0.39 is 0 Å². The van der Waals surface area contributed by atoms with Gasteiger partial charge in [0, 0.05) is 13.0 Å². The number of aryl methyl sites for hydroxylation is 2. The second-order valence-corrected chi connectivity index (χ2v) is 3.92. The summed E-state index contributed by atoms with van der Waals surface area (Å²) in [5, 5.41) is 4.37. The maximum absolute atomic E-state index is 12.1. The van der Waals surface area contributed by atoms with Crippen LogP contribution in [0.15, 0.2) is 29.1 Å². The van der Waals surface area contributed by atoms with Gasteiger partial charge in [-0.15, -0.1) is 0 Å². The van der Waals surface area contributed by atoms with Crippen molar-refractivity contribution in [2.24, 2.45) is 0 Å². The predicted octanol–water partition coefficient (Wildman–Crippen LogP) is 2.48. The Morgan fingerprint density at radius 2 is 2.29 bits per heavy atom. The van der Waals surface area contributed by atoms with Gasteiger partial charge in [0.05, 0.1) is 18.2 Å². The summed E-state index contributed by atoms with van der Waals surface area (Å²) >= 11 is 0. The van der Waals surface area contributed by atoms with Crippen molar-refractivity contribution in [3.63, 3.8) is 0 Å². The fourth-order valence-corrected chi connectivity index (χ4v) is 1.78. The van der Waals surface area contributed by atoms with Crippen LogP contribution >= 0.6 is 0 Å². The highest BCUT2D eigenvalue weighted by molar-refractivity contribution is 5.96. The SMILES string of the molecule is CCc1cc(C(=O)Cc2ccoc2)n(CC)n1. The van der Waals surface area contributed by atoms with Crippen molar-refractivity contribution < 1.29 is 9.21 Å². The summed E-state index contributed by atoms with van der Waals surface area (Å²) in [6.07, 6.45) is 4.40. The van der Waals surface area contributed by atoms with Gasteiger partial charge in [-0.2, -0.15) is 5.10 Å². The number of Topliss-reactive ketones (excluding diaryl/α,β-unsaturated/α-hetero) is 1. The summed E-state index contributed by atoms with van der Waals surface area (Å²) in [6, 6.07) is 3.69. The van der Waals surface area contributed by atoms with Crippen molar-refractivity contribution in [1.82, 2.24) is 9.78 Å². The zero-order valence-electron chi connectivity index (χ0n) is 10.1. The van der Waals surface area contributed by atoms with Crippen LogP contribution in [0.25, 0.3) is 0 Å². The quantitative estimate of drug-likeness (QED) is 0.744. The lowest BCUT2D eigenvalue weighted by molar-refractivity contribution is 0.0982. The van der Waals surface area contributed by atoms with Gasteiger partial charge in [0.25, 0.3) is 0 Å². The molecule has 0 spiro atoms. The van der Waals surface area contributed by atoms with E-state index in [0.29, 0.717) is 18.7 Å². The number of furan rings is 1. The molecule has 0 aliphatic rings. The monoisotopic (exact) mass is 232 g/mol. The molecule has 4 heteroatoms. The summed E-state index contributed by atoms with van der Waals surface area (Å²) in [5.74, 6) is 0.0838. The zero-order valence-corrected chi connectivity index (χ0v) is 10.1. The van der Waals surface area contributed by atoms with E-state index in [-0.39, 0.29) is 5.78 Å². The van der Waals surface area contributed by atoms with E-state index in [0.717, 1.165) is 17.7 Å². The van der Waals surface area contributed by atoms with Crippen LogP contribution in [0.2, 0.25) is 0 Å². The second-order valence-electron chi connectivity index (χ2n) is 3.92. The van der Waals surface area contributed by atoms with Crippen molar-refractivity contribution in [3.05, 3.63) is 41.6 Å². The molecule has 2 aromatic rings.